The zero-order valence-corrected chi connectivity index (χ0v) is 15.7. The van der Waals surface area contributed by atoms with E-state index >= 15 is 0 Å². The van der Waals surface area contributed by atoms with Crippen LogP contribution < -0.4 is 0 Å². The number of piperidine rings is 1. The molecule has 1 aliphatic rings. The van der Waals surface area contributed by atoms with Gasteiger partial charge in [0.1, 0.15) is 0 Å². The Hall–Kier alpha value is -2.63. The molecule has 2 heterocycles. The van der Waals surface area contributed by atoms with E-state index in [4.69, 9.17) is 0 Å². The molecule has 2 aromatic rings. The molecule has 1 saturated heterocycles. The first kappa shape index (κ1) is 18.2. The number of urea groups is 1. The molecule has 0 aliphatic carbocycles. The van der Waals surface area contributed by atoms with Gasteiger partial charge in [-0.2, -0.15) is 0 Å². The third-order valence-corrected chi connectivity index (χ3v) is 5.02. The molecule has 0 unspecified atom stereocenters. The molecule has 0 spiro atoms. The lowest BCUT2D eigenvalue weighted by atomic mass is 9.95. The van der Waals surface area contributed by atoms with Crippen LogP contribution in [-0.2, 0) is 11.3 Å². The summed E-state index contributed by atoms with van der Waals surface area (Å²) in [6.45, 7) is 1.84. The summed E-state index contributed by atoms with van der Waals surface area (Å²) in [4.78, 5) is 34.5. The zero-order valence-electron chi connectivity index (χ0n) is 15.7. The van der Waals surface area contributed by atoms with Gasteiger partial charge in [0.2, 0.25) is 5.91 Å². The van der Waals surface area contributed by atoms with Crippen LogP contribution >= 0.6 is 0 Å². The second-order valence-corrected chi connectivity index (χ2v) is 7.12. The van der Waals surface area contributed by atoms with Crippen molar-refractivity contribution in [1.29, 1.82) is 0 Å². The lowest BCUT2D eigenvalue weighted by Gasteiger charge is -2.34. The van der Waals surface area contributed by atoms with Crippen LogP contribution in [0.2, 0.25) is 0 Å². The lowest BCUT2D eigenvalue weighted by Crippen LogP contribution is -2.46. The van der Waals surface area contributed by atoms with Crippen molar-refractivity contribution >= 4 is 22.8 Å². The van der Waals surface area contributed by atoms with Crippen molar-refractivity contribution in [1.82, 2.24) is 19.7 Å². The summed E-state index contributed by atoms with van der Waals surface area (Å²) in [7, 11) is 5.37. The largest absolute Gasteiger partial charge is 0.341 e. The van der Waals surface area contributed by atoms with E-state index < -0.39 is 0 Å². The van der Waals surface area contributed by atoms with Crippen LogP contribution in [0.4, 0.5) is 4.79 Å². The minimum absolute atomic E-state index is 0.0145. The van der Waals surface area contributed by atoms with Gasteiger partial charge in [0.05, 0.1) is 5.52 Å². The third-order valence-electron chi connectivity index (χ3n) is 5.02. The number of hydrogen-bond acceptors (Lipinski definition) is 3. The van der Waals surface area contributed by atoms with Crippen molar-refractivity contribution in [2.24, 2.45) is 5.92 Å². The van der Waals surface area contributed by atoms with E-state index in [0.717, 1.165) is 29.3 Å². The van der Waals surface area contributed by atoms with Gasteiger partial charge in [0.25, 0.3) is 0 Å². The number of amides is 3. The second kappa shape index (κ2) is 7.72. The monoisotopic (exact) mass is 354 g/mol. The van der Waals surface area contributed by atoms with Crippen LogP contribution in [-0.4, -0.2) is 65.9 Å². The van der Waals surface area contributed by atoms with Crippen molar-refractivity contribution in [2.75, 3.05) is 34.2 Å². The van der Waals surface area contributed by atoms with Crippen molar-refractivity contribution in [3.8, 4) is 0 Å². The number of rotatable bonds is 3. The molecular formula is C20H26N4O2. The first-order chi connectivity index (χ1) is 12.5. The summed E-state index contributed by atoms with van der Waals surface area (Å²) in [5.74, 6) is 0.141. The van der Waals surface area contributed by atoms with E-state index in [1.165, 1.54) is 0 Å². The van der Waals surface area contributed by atoms with Gasteiger partial charge in [-0.25, -0.2) is 4.79 Å². The molecule has 6 heteroatoms. The van der Waals surface area contributed by atoms with E-state index in [2.05, 4.69) is 4.98 Å². The van der Waals surface area contributed by atoms with Crippen LogP contribution in [0.15, 0.2) is 36.5 Å². The molecule has 3 amide bonds. The number of benzene rings is 1. The van der Waals surface area contributed by atoms with Crippen molar-refractivity contribution in [3.05, 3.63) is 42.1 Å². The van der Waals surface area contributed by atoms with Gasteiger partial charge < -0.3 is 14.7 Å². The molecule has 0 atom stereocenters. The summed E-state index contributed by atoms with van der Waals surface area (Å²) in [5.41, 5.74) is 2.05. The molecule has 1 aliphatic heterocycles. The molecule has 1 aromatic heterocycles. The predicted molar refractivity (Wildman–Crippen MR) is 102 cm³/mol. The summed E-state index contributed by atoms with van der Waals surface area (Å²) < 4.78 is 0. The number of carbonyl (C=O) groups is 2. The Kier molecular flexibility index (Phi) is 5.40. The van der Waals surface area contributed by atoms with Crippen molar-refractivity contribution < 1.29 is 9.59 Å². The molecule has 26 heavy (non-hydrogen) atoms. The van der Waals surface area contributed by atoms with Gasteiger partial charge in [-0.1, -0.05) is 18.2 Å². The molecule has 0 saturated carbocycles. The van der Waals surface area contributed by atoms with E-state index in [1.54, 1.807) is 30.1 Å². The fourth-order valence-corrected chi connectivity index (χ4v) is 3.55. The summed E-state index contributed by atoms with van der Waals surface area (Å²) in [6, 6.07) is 10.00. The van der Waals surface area contributed by atoms with Crippen LogP contribution in [0.3, 0.4) is 0 Å². The van der Waals surface area contributed by atoms with Crippen molar-refractivity contribution in [2.45, 2.75) is 19.4 Å². The van der Waals surface area contributed by atoms with Gasteiger partial charge in [0, 0.05) is 58.3 Å². The molecular weight excluding hydrogens is 328 g/mol. The average molecular weight is 354 g/mol. The third kappa shape index (κ3) is 3.79. The number of aromatic nitrogens is 1. The first-order valence-electron chi connectivity index (χ1n) is 9.01. The number of carbonyl (C=O) groups excluding carboxylic acids is 2. The standard InChI is InChI=1S/C20H26N4O2/c1-22(2)20(26)24-12-9-15(10-13-24)19(25)23(3)14-16-6-4-8-18-17(16)7-5-11-21-18/h4-8,11,15H,9-10,12-14H2,1-3H3. The van der Waals surface area contributed by atoms with Crippen LogP contribution in [0.25, 0.3) is 10.9 Å². The van der Waals surface area contributed by atoms with Gasteiger partial charge in [-0.3, -0.25) is 9.78 Å². The molecule has 138 valence electrons. The van der Waals surface area contributed by atoms with E-state index in [9.17, 15) is 9.59 Å². The van der Waals surface area contributed by atoms with Gasteiger partial charge in [-0.05, 0) is 30.5 Å². The van der Waals surface area contributed by atoms with Crippen LogP contribution in [0, 0.1) is 5.92 Å². The molecule has 6 nitrogen and oxygen atoms in total. The average Bonchev–Trinajstić information content (AvgIpc) is 2.67. The highest BCUT2D eigenvalue weighted by atomic mass is 16.2. The Morgan fingerprint density at radius 3 is 2.54 bits per heavy atom. The Bertz CT molecular complexity index is 792. The summed E-state index contributed by atoms with van der Waals surface area (Å²) in [5, 5.41) is 1.08. The Morgan fingerprint density at radius 2 is 1.85 bits per heavy atom. The quantitative estimate of drug-likeness (QED) is 0.851. The van der Waals surface area contributed by atoms with Crippen LogP contribution in [0.1, 0.15) is 18.4 Å². The fraction of sp³-hybridized carbons (Fsp3) is 0.450. The lowest BCUT2D eigenvalue weighted by molar-refractivity contribution is -0.136. The molecule has 1 fully saturated rings. The van der Waals surface area contributed by atoms with Crippen LogP contribution in [0.5, 0.6) is 0 Å². The fourth-order valence-electron chi connectivity index (χ4n) is 3.55. The minimum atomic E-state index is -0.0145. The maximum Gasteiger partial charge on any atom is 0.319 e. The van der Waals surface area contributed by atoms with E-state index in [-0.39, 0.29) is 17.9 Å². The Labute approximate surface area is 154 Å². The molecule has 0 radical (unpaired) electrons. The summed E-state index contributed by atoms with van der Waals surface area (Å²) >= 11 is 0. The second-order valence-electron chi connectivity index (χ2n) is 7.12. The molecule has 3 rings (SSSR count). The maximum absolute atomic E-state index is 12.8. The van der Waals surface area contributed by atoms with Crippen molar-refractivity contribution in [3.63, 3.8) is 0 Å². The van der Waals surface area contributed by atoms with Gasteiger partial charge >= 0.3 is 6.03 Å². The maximum atomic E-state index is 12.8. The molecule has 0 N–H and O–H groups in total. The van der Waals surface area contributed by atoms with E-state index in [0.29, 0.717) is 19.6 Å². The smallest absolute Gasteiger partial charge is 0.319 e. The summed E-state index contributed by atoms with van der Waals surface area (Å²) in [6.07, 6.45) is 3.23. The number of hydrogen-bond donors (Lipinski definition) is 0. The van der Waals surface area contributed by atoms with Gasteiger partial charge in [-0.15, -0.1) is 0 Å². The zero-order chi connectivity index (χ0) is 18.7. The Morgan fingerprint density at radius 1 is 1.12 bits per heavy atom. The van der Waals surface area contributed by atoms with Gasteiger partial charge in [0.15, 0.2) is 0 Å². The SMILES string of the molecule is CN(C)C(=O)N1CCC(C(=O)N(C)Cc2cccc3ncccc23)CC1. The predicted octanol–water partition coefficient (Wildman–Crippen LogP) is 2.59. The highest BCUT2D eigenvalue weighted by Gasteiger charge is 2.29. The number of nitrogens with zero attached hydrogens (tertiary/aromatic N) is 4. The highest BCUT2D eigenvalue weighted by molar-refractivity contribution is 5.83. The highest BCUT2D eigenvalue weighted by Crippen LogP contribution is 2.22. The Balaban J connectivity index is 1.63. The number of likely N-dealkylation sites (tertiary alicyclic amines) is 1. The molecule has 1 aromatic carbocycles. The number of fused-ring (bicyclic) bond motifs is 1. The minimum Gasteiger partial charge on any atom is -0.341 e. The normalized spacial score (nSPS) is 15.1. The van der Waals surface area contributed by atoms with E-state index in [1.807, 2.05) is 42.3 Å². The number of pyridine rings is 1. The topological polar surface area (TPSA) is 56.8 Å². The molecule has 0 bridgehead atoms. The first-order valence-corrected chi connectivity index (χ1v) is 9.01.